The third-order valence-corrected chi connectivity index (χ3v) is 2.02. The van der Waals surface area contributed by atoms with Crippen molar-refractivity contribution in [2.24, 2.45) is 0 Å². The fraction of sp³-hybridized carbons (Fsp3) is 0.300. The summed E-state index contributed by atoms with van der Waals surface area (Å²) in [6.45, 7) is 4.27. The van der Waals surface area contributed by atoms with E-state index in [2.05, 4.69) is 32.3 Å². The number of nitrogens with zero attached hydrogens (tertiary/aromatic N) is 4. The number of anilines is 1. The first kappa shape index (κ1) is 9.46. The molecule has 5 nitrogen and oxygen atoms in total. The molecule has 0 amide bonds. The highest BCUT2D eigenvalue weighted by molar-refractivity contribution is 5.62. The zero-order valence-electron chi connectivity index (χ0n) is 8.65. The van der Waals surface area contributed by atoms with Crippen LogP contribution in [0.3, 0.4) is 0 Å². The van der Waals surface area contributed by atoms with E-state index in [9.17, 15) is 0 Å². The fourth-order valence-corrected chi connectivity index (χ4v) is 1.28. The molecule has 2 aromatic rings. The van der Waals surface area contributed by atoms with Crippen molar-refractivity contribution >= 4 is 11.5 Å². The molecule has 0 radical (unpaired) electrons. The van der Waals surface area contributed by atoms with Crippen LogP contribution in [0.15, 0.2) is 12.4 Å². The minimum absolute atomic E-state index is 0.565. The lowest BCUT2D eigenvalue weighted by molar-refractivity contribution is 1.00. The molecule has 0 saturated heterocycles. The second kappa shape index (κ2) is 3.96. The smallest absolute Gasteiger partial charge is 0.203 e. The van der Waals surface area contributed by atoms with Gasteiger partial charge >= 0.3 is 0 Å². The Bertz CT molecular complexity index is 531. The Morgan fingerprint density at radius 3 is 3.13 bits per heavy atom. The number of rotatable bonds is 2. The van der Waals surface area contributed by atoms with Crippen LogP contribution >= 0.6 is 0 Å². The molecular formula is C10H11N5. The first-order valence-corrected chi connectivity index (χ1v) is 4.62. The number of hydrogen-bond donors (Lipinski definition) is 1. The second-order valence-corrected chi connectivity index (χ2v) is 3.00. The van der Waals surface area contributed by atoms with E-state index in [0.29, 0.717) is 12.4 Å². The zero-order valence-corrected chi connectivity index (χ0v) is 8.65. The SMILES string of the molecule is CC#CCNc1nccn2c(C)nnc12. The first-order chi connectivity index (χ1) is 7.33. The molecule has 0 aliphatic heterocycles. The molecule has 0 aliphatic rings. The van der Waals surface area contributed by atoms with Gasteiger partial charge in [-0.3, -0.25) is 4.40 Å². The predicted octanol–water partition coefficient (Wildman–Crippen LogP) is 0.868. The van der Waals surface area contributed by atoms with Crippen LogP contribution in [0.5, 0.6) is 0 Å². The molecule has 0 unspecified atom stereocenters. The van der Waals surface area contributed by atoms with Crippen molar-refractivity contribution < 1.29 is 0 Å². The Morgan fingerprint density at radius 1 is 1.47 bits per heavy atom. The average Bonchev–Trinajstić information content (AvgIpc) is 2.62. The predicted molar refractivity (Wildman–Crippen MR) is 57.5 cm³/mol. The summed E-state index contributed by atoms with van der Waals surface area (Å²) in [6.07, 6.45) is 3.55. The highest BCUT2D eigenvalue weighted by Gasteiger charge is 2.05. The van der Waals surface area contributed by atoms with Crippen LogP contribution in [0.2, 0.25) is 0 Å². The van der Waals surface area contributed by atoms with Gasteiger partial charge < -0.3 is 5.32 Å². The number of aryl methyl sites for hydroxylation is 1. The molecule has 2 heterocycles. The van der Waals surface area contributed by atoms with Crippen LogP contribution in [-0.2, 0) is 0 Å². The summed E-state index contributed by atoms with van der Waals surface area (Å²) in [4.78, 5) is 4.19. The van der Waals surface area contributed by atoms with Gasteiger partial charge in [0.1, 0.15) is 5.82 Å². The molecule has 2 aromatic heterocycles. The van der Waals surface area contributed by atoms with Crippen LogP contribution in [0.1, 0.15) is 12.7 Å². The maximum atomic E-state index is 4.19. The van der Waals surface area contributed by atoms with Crippen molar-refractivity contribution in [1.82, 2.24) is 19.6 Å². The summed E-state index contributed by atoms with van der Waals surface area (Å²) in [5.74, 6) is 7.27. The standard InChI is InChI=1S/C10H11N5/c1-3-4-5-11-9-10-14-13-8(2)15(10)7-6-12-9/h6-7H,5H2,1-2H3,(H,11,12). The first-order valence-electron chi connectivity index (χ1n) is 4.62. The van der Waals surface area contributed by atoms with Crippen molar-refractivity contribution in [1.29, 1.82) is 0 Å². The topological polar surface area (TPSA) is 55.1 Å². The molecule has 0 bridgehead atoms. The molecular weight excluding hydrogens is 190 g/mol. The Hall–Kier alpha value is -2.09. The normalized spacial score (nSPS) is 9.73. The van der Waals surface area contributed by atoms with Gasteiger partial charge in [-0.05, 0) is 13.8 Å². The van der Waals surface area contributed by atoms with Crippen molar-refractivity contribution in [3.63, 3.8) is 0 Å². The minimum atomic E-state index is 0.565. The number of fused-ring (bicyclic) bond motifs is 1. The number of nitrogens with one attached hydrogen (secondary N) is 1. The van der Waals surface area contributed by atoms with Gasteiger partial charge in [-0.15, -0.1) is 16.1 Å². The molecule has 1 N–H and O–H groups in total. The third-order valence-electron chi connectivity index (χ3n) is 2.02. The molecule has 0 fully saturated rings. The highest BCUT2D eigenvalue weighted by atomic mass is 15.3. The van der Waals surface area contributed by atoms with Crippen molar-refractivity contribution in [2.45, 2.75) is 13.8 Å². The van der Waals surface area contributed by atoms with E-state index in [4.69, 9.17) is 0 Å². The Balaban J connectivity index is 2.37. The van der Waals surface area contributed by atoms with E-state index < -0.39 is 0 Å². The highest BCUT2D eigenvalue weighted by Crippen LogP contribution is 2.10. The Labute approximate surface area is 87.6 Å². The lowest BCUT2D eigenvalue weighted by atomic mass is 10.5. The summed E-state index contributed by atoms with van der Waals surface area (Å²) < 4.78 is 1.88. The van der Waals surface area contributed by atoms with Crippen LogP contribution in [0.4, 0.5) is 5.82 Å². The second-order valence-electron chi connectivity index (χ2n) is 3.00. The molecule has 15 heavy (non-hydrogen) atoms. The molecule has 76 valence electrons. The van der Waals surface area contributed by atoms with Crippen molar-refractivity contribution in [3.8, 4) is 11.8 Å². The van der Waals surface area contributed by atoms with E-state index in [1.165, 1.54) is 0 Å². The molecule has 2 rings (SSSR count). The van der Waals surface area contributed by atoms with Crippen molar-refractivity contribution in [2.75, 3.05) is 11.9 Å². The molecule has 0 saturated carbocycles. The summed E-state index contributed by atoms with van der Waals surface area (Å²) >= 11 is 0. The molecule has 0 aliphatic carbocycles. The van der Waals surface area contributed by atoms with Crippen LogP contribution in [0.25, 0.3) is 5.65 Å². The maximum Gasteiger partial charge on any atom is 0.203 e. The number of aromatic nitrogens is 4. The van der Waals surface area contributed by atoms with Crippen LogP contribution < -0.4 is 5.32 Å². The number of hydrogen-bond acceptors (Lipinski definition) is 4. The van der Waals surface area contributed by atoms with E-state index >= 15 is 0 Å². The molecule has 0 atom stereocenters. The maximum absolute atomic E-state index is 4.19. The summed E-state index contributed by atoms with van der Waals surface area (Å²) in [5, 5.41) is 11.1. The van der Waals surface area contributed by atoms with Crippen LogP contribution in [0, 0.1) is 18.8 Å². The van der Waals surface area contributed by atoms with Crippen molar-refractivity contribution in [3.05, 3.63) is 18.2 Å². The van der Waals surface area contributed by atoms with Gasteiger partial charge in [-0.2, -0.15) is 0 Å². The summed E-state index contributed by atoms with van der Waals surface area (Å²) in [5.41, 5.74) is 0.730. The van der Waals surface area contributed by atoms with E-state index in [1.54, 1.807) is 13.1 Å². The van der Waals surface area contributed by atoms with Gasteiger partial charge in [0.05, 0.1) is 6.54 Å². The zero-order chi connectivity index (χ0) is 10.7. The lowest BCUT2D eigenvalue weighted by Crippen LogP contribution is -2.03. The van der Waals surface area contributed by atoms with E-state index in [-0.39, 0.29) is 0 Å². The molecule has 0 spiro atoms. The minimum Gasteiger partial charge on any atom is -0.356 e. The van der Waals surface area contributed by atoms with Gasteiger partial charge in [0, 0.05) is 12.4 Å². The van der Waals surface area contributed by atoms with Gasteiger partial charge in [-0.1, -0.05) is 5.92 Å². The lowest BCUT2D eigenvalue weighted by Gasteiger charge is -2.02. The third kappa shape index (κ3) is 1.74. The summed E-state index contributed by atoms with van der Waals surface area (Å²) in [7, 11) is 0. The van der Waals surface area contributed by atoms with Gasteiger partial charge in [-0.25, -0.2) is 4.98 Å². The quantitative estimate of drug-likeness (QED) is 0.732. The molecule has 0 aromatic carbocycles. The average molecular weight is 201 g/mol. The monoisotopic (exact) mass is 201 g/mol. The Morgan fingerprint density at radius 2 is 2.33 bits per heavy atom. The van der Waals surface area contributed by atoms with E-state index in [0.717, 1.165) is 11.5 Å². The molecule has 5 heteroatoms. The van der Waals surface area contributed by atoms with Gasteiger partial charge in [0.15, 0.2) is 5.82 Å². The van der Waals surface area contributed by atoms with Gasteiger partial charge in [0.2, 0.25) is 5.65 Å². The largest absolute Gasteiger partial charge is 0.356 e. The summed E-state index contributed by atoms with van der Waals surface area (Å²) in [6, 6.07) is 0. The fourth-order valence-electron chi connectivity index (χ4n) is 1.28. The van der Waals surface area contributed by atoms with Gasteiger partial charge in [0.25, 0.3) is 0 Å². The van der Waals surface area contributed by atoms with E-state index in [1.807, 2.05) is 17.5 Å². The Kier molecular flexibility index (Phi) is 2.50. The van der Waals surface area contributed by atoms with Crippen LogP contribution in [-0.4, -0.2) is 26.1 Å².